The Morgan fingerprint density at radius 2 is 1.75 bits per heavy atom. The van der Waals surface area contributed by atoms with E-state index < -0.39 is 0 Å². The Bertz CT molecular complexity index is 86.6. The van der Waals surface area contributed by atoms with E-state index >= 15 is 0 Å². The summed E-state index contributed by atoms with van der Waals surface area (Å²) in [5, 5.41) is 0. The van der Waals surface area contributed by atoms with Crippen molar-refractivity contribution < 1.29 is 9.47 Å². The molecule has 0 spiro atoms. The molecule has 0 N–H and O–H groups in total. The molecule has 0 fully saturated rings. The lowest BCUT2D eigenvalue weighted by Crippen LogP contribution is -2.13. The Hall–Kier alpha value is -0.120. The summed E-state index contributed by atoms with van der Waals surface area (Å²) in [6, 6.07) is 0. The predicted molar refractivity (Wildman–Crippen MR) is 50.5 cm³/mol. The maximum atomic E-state index is 5.31. The van der Waals surface area contributed by atoms with E-state index in [0.717, 1.165) is 26.2 Å². The van der Waals surface area contributed by atoms with E-state index in [-0.39, 0.29) is 0 Å². The molecule has 0 saturated heterocycles. The molecule has 0 radical (unpaired) electrons. The Morgan fingerprint density at radius 1 is 1.00 bits per heavy atom. The number of unbranched alkanes of at least 4 members (excludes halogenated alkanes) is 1. The largest absolute Gasteiger partial charge is 0.382 e. The van der Waals surface area contributed by atoms with Gasteiger partial charge in [0.05, 0.1) is 13.2 Å². The average molecular weight is 175 g/mol. The molecule has 0 aromatic heterocycles. The molecule has 3 nitrogen and oxygen atoms in total. The molecule has 74 valence electrons. The molecule has 3 heteroatoms. The summed E-state index contributed by atoms with van der Waals surface area (Å²) < 4.78 is 10.2. The zero-order valence-electron chi connectivity index (χ0n) is 8.51. The quantitative estimate of drug-likeness (QED) is 0.514. The summed E-state index contributed by atoms with van der Waals surface area (Å²) in [5.41, 5.74) is 0. The van der Waals surface area contributed by atoms with Crippen LogP contribution in [0.25, 0.3) is 0 Å². The van der Waals surface area contributed by atoms with Gasteiger partial charge < -0.3 is 14.4 Å². The summed E-state index contributed by atoms with van der Waals surface area (Å²) in [7, 11) is 5.87. The Balaban J connectivity index is 2.82. The second-order valence-electron chi connectivity index (χ2n) is 3.12. The van der Waals surface area contributed by atoms with Crippen LogP contribution >= 0.6 is 0 Å². The lowest BCUT2D eigenvalue weighted by molar-refractivity contribution is 0.0681. The third-order valence-electron chi connectivity index (χ3n) is 1.58. The van der Waals surface area contributed by atoms with Crippen LogP contribution in [0.15, 0.2) is 0 Å². The summed E-state index contributed by atoms with van der Waals surface area (Å²) in [4.78, 5) is 2.19. The van der Waals surface area contributed by atoms with Crippen LogP contribution in [-0.4, -0.2) is 52.5 Å². The highest BCUT2D eigenvalue weighted by Gasteiger charge is 1.91. The van der Waals surface area contributed by atoms with Crippen molar-refractivity contribution in [2.24, 2.45) is 0 Å². The molecule has 0 aliphatic carbocycles. The Morgan fingerprint density at radius 3 is 2.33 bits per heavy atom. The first-order valence-electron chi connectivity index (χ1n) is 4.48. The maximum absolute atomic E-state index is 5.31. The van der Waals surface area contributed by atoms with Crippen LogP contribution in [0.5, 0.6) is 0 Å². The van der Waals surface area contributed by atoms with Gasteiger partial charge in [-0.2, -0.15) is 0 Å². The lowest BCUT2D eigenvalue weighted by Gasteiger charge is -2.08. The molecule has 0 aliphatic heterocycles. The Labute approximate surface area is 75.6 Å². The lowest BCUT2D eigenvalue weighted by atomic mass is 10.3. The molecule has 0 saturated carbocycles. The molecule has 0 amide bonds. The third-order valence-corrected chi connectivity index (χ3v) is 1.58. The van der Waals surface area contributed by atoms with Crippen molar-refractivity contribution in [3.05, 3.63) is 0 Å². The molecular formula is C9H21NO2. The fourth-order valence-corrected chi connectivity index (χ4v) is 0.876. The minimum Gasteiger partial charge on any atom is -0.382 e. The number of rotatable bonds is 8. The molecule has 0 aromatic rings. The van der Waals surface area contributed by atoms with Crippen LogP contribution in [0.1, 0.15) is 12.8 Å². The van der Waals surface area contributed by atoms with E-state index in [0.29, 0.717) is 6.61 Å². The van der Waals surface area contributed by atoms with Gasteiger partial charge in [-0.25, -0.2) is 0 Å². The summed E-state index contributed by atoms with van der Waals surface area (Å²) in [6.07, 6.45) is 2.35. The highest BCUT2D eigenvalue weighted by molar-refractivity contribution is 4.44. The molecule has 0 aliphatic rings. The van der Waals surface area contributed by atoms with Gasteiger partial charge in [-0.05, 0) is 33.5 Å². The van der Waals surface area contributed by atoms with Gasteiger partial charge in [-0.3, -0.25) is 0 Å². The van der Waals surface area contributed by atoms with Gasteiger partial charge in [0.1, 0.15) is 0 Å². The minimum absolute atomic E-state index is 0.702. The molecule has 0 bridgehead atoms. The predicted octanol–water partition coefficient (Wildman–Crippen LogP) is 0.991. The van der Waals surface area contributed by atoms with Gasteiger partial charge in [0.25, 0.3) is 0 Å². The fourth-order valence-electron chi connectivity index (χ4n) is 0.876. The number of hydrogen-bond donors (Lipinski definition) is 0. The number of methoxy groups -OCH3 is 1. The van der Waals surface area contributed by atoms with Gasteiger partial charge in [-0.1, -0.05) is 0 Å². The molecular weight excluding hydrogens is 154 g/mol. The monoisotopic (exact) mass is 175 g/mol. The second-order valence-corrected chi connectivity index (χ2v) is 3.12. The second kappa shape index (κ2) is 8.97. The number of ether oxygens (including phenoxy) is 2. The first kappa shape index (κ1) is 11.9. The van der Waals surface area contributed by atoms with E-state index in [1.54, 1.807) is 7.11 Å². The third kappa shape index (κ3) is 9.88. The standard InChI is InChI=1S/C9H21NO2/c1-10(2)6-4-5-7-12-9-8-11-3/h4-9H2,1-3H3. The Kier molecular flexibility index (Phi) is 8.88. The molecule has 0 rings (SSSR count). The van der Waals surface area contributed by atoms with Crippen LogP contribution in [0.2, 0.25) is 0 Å². The highest BCUT2D eigenvalue weighted by Crippen LogP contribution is 1.91. The van der Waals surface area contributed by atoms with E-state index in [4.69, 9.17) is 9.47 Å². The van der Waals surface area contributed by atoms with Gasteiger partial charge in [0.2, 0.25) is 0 Å². The first-order chi connectivity index (χ1) is 5.77. The van der Waals surface area contributed by atoms with Crippen LogP contribution in [0, 0.1) is 0 Å². The fraction of sp³-hybridized carbons (Fsp3) is 1.00. The van der Waals surface area contributed by atoms with Gasteiger partial charge in [0.15, 0.2) is 0 Å². The molecule has 0 heterocycles. The van der Waals surface area contributed by atoms with Crippen molar-refractivity contribution in [3.63, 3.8) is 0 Å². The van der Waals surface area contributed by atoms with Crippen molar-refractivity contribution >= 4 is 0 Å². The van der Waals surface area contributed by atoms with E-state index in [2.05, 4.69) is 19.0 Å². The zero-order chi connectivity index (χ0) is 9.23. The van der Waals surface area contributed by atoms with E-state index in [1.807, 2.05) is 0 Å². The van der Waals surface area contributed by atoms with E-state index in [1.165, 1.54) is 6.42 Å². The van der Waals surface area contributed by atoms with Crippen molar-refractivity contribution in [1.29, 1.82) is 0 Å². The summed E-state index contributed by atoms with van der Waals surface area (Å²) in [6.45, 7) is 3.43. The summed E-state index contributed by atoms with van der Waals surface area (Å²) in [5.74, 6) is 0. The highest BCUT2D eigenvalue weighted by atomic mass is 16.5. The van der Waals surface area contributed by atoms with Crippen LogP contribution in [0.4, 0.5) is 0 Å². The molecule has 0 aromatic carbocycles. The van der Waals surface area contributed by atoms with Crippen molar-refractivity contribution in [3.8, 4) is 0 Å². The number of hydrogen-bond acceptors (Lipinski definition) is 3. The van der Waals surface area contributed by atoms with Crippen molar-refractivity contribution in [2.45, 2.75) is 12.8 Å². The van der Waals surface area contributed by atoms with Crippen LogP contribution in [0.3, 0.4) is 0 Å². The molecule has 0 unspecified atom stereocenters. The van der Waals surface area contributed by atoms with Gasteiger partial charge in [-0.15, -0.1) is 0 Å². The maximum Gasteiger partial charge on any atom is 0.0700 e. The number of nitrogens with zero attached hydrogens (tertiary/aromatic N) is 1. The average Bonchev–Trinajstić information content (AvgIpc) is 2.02. The molecule has 12 heavy (non-hydrogen) atoms. The van der Waals surface area contributed by atoms with Crippen LogP contribution in [-0.2, 0) is 9.47 Å². The minimum atomic E-state index is 0.702. The van der Waals surface area contributed by atoms with E-state index in [9.17, 15) is 0 Å². The summed E-state index contributed by atoms with van der Waals surface area (Å²) >= 11 is 0. The van der Waals surface area contributed by atoms with Crippen LogP contribution < -0.4 is 0 Å². The van der Waals surface area contributed by atoms with Gasteiger partial charge in [0, 0.05) is 13.7 Å². The zero-order valence-corrected chi connectivity index (χ0v) is 8.51. The van der Waals surface area contributed by atoms with Crippen molar-refractivity contribution in [1.82, 2.24) is 4.90 Å². The molecule has 0 atom stereocenters. The smallest absolute Gasteiger partial charge is 0.0700 e. The first-order valence-corrected chi connectivity index (χ1v) is 4.48. The van der Waals surface area contributed by atoms with Crippen molar-refractivity contribution in [2.75, 3.05) is 47.6 Å². The normalized spacial score (nSPS) is 11.0. The van der Waals surface area contributed by atoms with Gasteiger partial charge >= 0.3 is 0 Å². The SMILES string of the molecule is COCCOCCCCN(C)C. The topological polar surface area (TPSA) is 21.7 Å².